The normalized spacial score (nSPS) is 12.5. The third kappa shape index (κ3) is 4.17. The van der Waals surface area contributed by atoms with Crippen LogP contribution in [0.1, 0.15) is 19.4 Å². The standard InChI is InChI=1S/C20H17F3N6O2/c1-19(2,31)9-29-10-25-17-13(18(29)30)5-15(28-16(17)11-6-26-27-7-11)14-4-3-12(8-24-14)20(21,22)23/h3-8,10,31H,9H2,1-2H3,(H,26,27). The first-order chi connectivity index (χ1) is 14.5. The molecule has 0 unspecified atom stereocenters. The summed E-state index contributed by atoms with van der Waals surface area (Å²) in [6.07, 6.45) is 0.586. The predicted octanol–water partition coefficient (Wildman–Crippen LogP) is 3.03. The van der Waals surface area contributed by atoms with E-state index in [9.17, 15) is 23.1 Å². The van der Waals surface area contributed by atoms with Crippen molar-refractivity contribution < 1.29 is 18.3 Å². The fraction of sp³-hybridized carbons (Fsp3) is 0.250. The van der Waals surface area contributed by atoms with E-state index in [-0.39, 0.29) is 23.3 Å². The number of halogens is 3. The molecule has 0 amide bonds. The minimum Gasteiger partial charge on any atom is -0.389 e. The van der Waals surface area contributed by atoms with Crippen molar-refractivity contribution in [3.05, 3.63) is 59.0 Å². The van der Waals surface area contributed by atoms with Crippen LogP contribution in [0.15, 0.2) is 47.9 Å². The van der Waals surface area contributed by atoms with E-state index in [1.807, 2.05) is 0 Å². The molecular formula is C20H17F3N6O2. The average molecular weight is 430 g/mol. The molecule has 0 saturated carbocycles. The Morgan fingerprint density at radius 1 is 1.13 bits per heavy atom. The number of pyridine rings is 2. The highest BCUT2D eigenvalue weighted by molar-refractivity contribution is 5.93. The fourth-order valence-electron chi connectivity index (χ4n) is 3.12. The monoisotopic (exact) mass is 430 g/mol. The van der Waals surface area contributed by atoms with Gasteiger partial charge in [0, 0.05) is 18.0 Å². The van der Waals surface area contributed by atoms with Crippen molar-refractivity contribution in [2.75, 3.05) is 0 Å². The predicted molar refractivity (Wildman–Crippen MR) is 106 cm³/mol. The maximum Gasteiger partial charge on any atom is 0.417 e. The molecule has 31 heavy (non-hydrogen) atoms. The van der Waals surface area contributed by atoms with E-state index in [2.05, 4.69) is 25.1 Å². The van der Waals surface area contributed by atoms with Crippen LogP contribution in [0, 0.1) is 0 Å². The van der Waals surface area contributed by atoms with E-state index in [4.69, 9.17) is 0 Å². The molecule has 0 aliphatic carbocycles. The lowest BCUT2D eigenvalue weighted by Gasteiger charge is -2.18. The second-order valence-electron chi connectivity index (χ2n) is 7.66. The van der Waals surface area contributed by atoms with Gasteiger partial charge in [0.2, 0.25) is 0 Å². The molecule has 0 spiro atoms. The van der Waals surface area contributed by atoms with Crippen LogP contribution in [0.5, 0.6) is 0 Å². The van der Waals surface area contributed by atoms with Gasteiger partial charge in [-0.3, -0.25) is 19.4 Å². The van der Waals surface area contributed by atoms with E-state index >= 15 is 0 Å². The summed E-state index contributed by atoms with van der Waals surface area (Å²) in [6, 6.07) is 3.54. The first-order valence-electron chi connectivity index (χ1n) is 9.18. The number of rotatable bonds is 4. The van der Waals surface area contributed by atoms with Crippen LogP contribution >= 0.6 is 0 Å². The zero-order chi connectivity index (χ0) is 22.4. The Morgan fingerprint density at radius 2 is 1.90 bits per heavy atom. The van der Waals surface area contributed by atoms with Gasteiger partial charge in [0.15, 0.2) is 0 Å². The van der Waals surface area contributed by atoms with Gasteiger partial charge < -0.3 is 5.11 Å². The number of hydrogen-bond acceptors (Lipinski definition) is 6. The average Bonchev–Trinajstić information content (AvgIpc) is 3.23. The van der Waals surface area contributed by atoms with Crippen molar-refractivity contribution >= 4 is 10.9 Å². The number of nitrogens with one attached hydrogen (secondary N) is 1. The largest absolute Gasteiger partial charge is 0.417 e. The van der Waals surface area contributed by atoms with E-state index < -0.39 is 22.9 Å². The molecule has 0 fully saturated rings. The van der Waals surface area contributed by atoms with Crippen LogP contribution in [-0.4, -0.2) is 40.4 Å². The van der Waals surface area contributed by atoms with Crippen LogP contribution in [0.25, 0.3) is 33.5 Å². The van der Waals surface area contributed by atoms with Gasteiger partial charge in [-0.1, -0.05) is 0 Å². The minimum atomic E-state index is -4.51. The molecule has 4 aromatic heterocycles. The van der Waals surface area contributed by atoms with Gasteiger partial charge in [0.1, 0.15) is 11.2 Å². The third-order valence-corrected chi connectivity index (χ3v) is 4.49. The summed E-state index contributed by atoms with van der Waals surface area (Å²) >= 11 is 0. The van der Waals surface area contributed by atoms with Crippen molar-refractivity contribution in [2.24, 2.45) is 0 Å². The minimum absolute atomic E-state index is 0.00596. The molecule has 0 atom stereocenters. The first-order valence-corrected chi connectivity index (χ1v) is 9.18. The van der Waals surface area contributed by atoms with Crippen LogP contribution in [0.4, 0.5) is 13.2 Å². The Labute approximate surface area is 173 Å². The molecule has 4 aromatic rings. The number of H-pyrrole nitrogens is 1. The van der Waals surface area contributed by atoms with Gasteiger partial charge in [0.05, 0.1) is 47.0 Å². The van der Waals surface area contributed by atoms with Gasteiger partial charge in [-0.25, -0.2) is 9.97 Å². The van der Waals surface area contributed by atoms with Crippen molar-refractivity contribution in [3.8, 4) is 22.6 Å². The highest BCUT2D eigenvalue weighted by Gasteiger charge is 2.30. The molecule has 0 aliphatic heterocycles. The second kappa shape index (κ2) is 7.27. The molecule has 11 heteroatoms. The summed E-state index contributed by atoms with van der Waals surface area (Å²) < 4.78 is 39.9. The van der Waals surface area contributed by atoms with Crippen molar-refractivity contribution in [2.45, 2.75) is 32.2 Å². The number of aromatic amines is 1. The van der Waals surface area contributed by atoms with Crippen molar-refractivity contribution in [1.82, 2.24) is 29.7 Å². The molecule has 0 bridgehead atoms. The number of hydrogen-bond donors (Lipinski definition) is 2. The summed E-state index contributed by atoms with van der Waals surface area (Å²) in [5.41, 5.74) is -0.921. The number of aliphatic hydroxyl groups is 1. The first kappa shape index (κ1) is 20.7. The number of nitrogens with zero attached hydrogens (tertiary/aromatic N) is 5. The molecule has 160 valence electrons. The summed E-state index contributed by atoms with van der Waals surface area (Å²) in [7, 11) is 0. The van der Waals surface area contributed by atoms with Gasteiger partial charge in [-0.05, 0) is 32.0 Å². The maximum atomic E-state index is 13.1. The lowest BCUT2D eigenvalue weighted by Crippen LogP contribution is -2.33. The molecule has 0 saturated heterocycles. The highest BCUT2D eigenvalue weighted by atomic mass is 19.4. The Balaban J connectivity index is 1.94. The molecular weight excluding hydrogens is 413 g/mol. The Morgan fingerprint density at radius 3 is 2.48 bits per heavy atom. The van der Waals surface area contributed by atoms with E-state index in [1.54, 1.807) is 20.0 Å². The Hall–Kier alpha value is -3.60. The smallest absolute Gasteiger partial charge is 0.389 e. The van der Waals surface area contributed by atoms with Crippen LogP contribution < -0.4 is 5.56 Å². The molecule has 8 nitrogen and oxygen atoms in total. The summed E-state index contributed by atoms with van der Waals surface area (Å²) in [4.78, 5) is 25.8. The lowest BCUT2D eigenvalue weighted by atomic mass is 10.1. The number of alkyl halides is 3. The second-order valence-corrected chi connectivity index (χ2v) is 7.66. The van der Waals surface area contributed by atoms with Gasteiger partial charge in [-0.2, -0.15) is 18.3 Å². The van der Waals surface area contributed by atoms with Gasteiger partial charge in [-0.15, -0.1) is 0 Å². The van der Waals surface area contributed by atoms with Crippen molar-refractivity contribution in [1.29, 1.82) is 0 Å². The van der Waals surface area contributed by atoms with Crippen LogP contribution in [0.2, 0.25) is 0 Å². The topological polar surface area (TPSA) is 110 Å². The van der Waals surface area contributed by atoms with E-state index in [1.165, 1.54) is 29.2 Å². The molecule has 0 aliphatic rings. The zero-order valence-corrected chi connectivity index (χ0v) is 16.5. The van der Waals surface area contributed by atoms with Crippen LogP contribution in [0.3, 0.4) is 0 Å². The molecule has 4 rings (SSSR count). The molecule has 0 radical (unpaired) electrons. The lowest BCUT2D eigenvalue weighted by molar-refractivity contribution is -0.137. The van der Waals surface area contributed by atoms with Gasteiger partial charge in [0.25, 0.3) is 5.56 Å². The van der Waals surface area contributed by atoms with Crippen molar-refractivity contribution in [3.63, 3.8) is 0 Å². The summed E-state index contributed by atoms with van der Waals surface area (Å²) in [5.74, 6) is 0. The number of fused-ring (bicyclic) bond motifs is 1. The third-order valence-electron chi connectivity index (χ3n) is 4.49. The van der Waals surface area contributed by atoms with E-state index in [0.717, 1.165) is 6.07 Å². The fourth-order valence-corrected chi connectivity index (χ4v) is 3.12. The number of aromatic nitrogens is 6. The molecule has 2 N–H and O–H groups in total. The highest BCUT2D eigenvalue weighted by Crippen LogP contribution is 2.31. The van der Waals surface area contributed by atoms with Crippen LogP contribution in [-0.2, 0) is 12.7 Å². The molecule has 0 aromatic carbocycles. The quantitative estimate of drug-likeness (QED) is 0.515. The molecule has 4 heterocycles. The van der Waals surface area contributed by atoms with E-state index in [0.29, 0.717) is 23.0 Å². The summed E-state index contributed by atoms with van der Waals surface area (Å²) in [5, 5.41) is 16.8. The SMILES string of the molecule is CC(C)(O)Cn1cnc2c(-c3cn[nH]c3)nc(-c3ccc(C(F)(F)F)cn3)cc2c1=O. The zero-order valence-electron chi connectivity index (χ0n) is 16.5. The van der Waals surface area contributed by atoms with Gasteiger partial charge >= 0.3 is 6.18 Å². The maximum absolute atomic E-state index is 13.1. The Bertz CT molecular complexity index is 1290. The Kier molecular flexibility index (Phi) is 4.85. The summed E-state index contributed by atoms with van der Waals surface area (Å²) in [6.45, 7) is 3.13.